The predicted octanol–water partition coefficient (Wildman–Crippen LogP) is 8.65. The van der Waals surface area contributed by atoms with Crippen LogP contribution >= 0.6 is 0 Å². The number of halogens is 2. The number of likely N-dealkylation sites (tertiary alicyclic amines) is 1. The molecule has 6 aromatic rings. The molecule has 6 fully saturated rings. The third kappa shape index (κ3) is 9.50. The van der Waals surface area contributed by atoms with Crippen LogP contribution in [0.2, 0.25) is 0 Å². The smallest absolute Gasteiger partial charge is 0.409 e. The number of aromatic hydroxyl groups is 1. The molecular formula is C60H71F2N11O7. The summed E-state index contributed by atoms with van der Waals surface area (Å²) in [5.41, 5.74) is 2.52. The van der Waals surface area contributed by atoms with Crippen molar-refractivity contribution in [1.82, 2.24) is 44.8 Å². The van der Waals surface area contributed by atoms with Crippen molar-refractivity contribution in [2.45, 2.75) is 140 Å². The third-order valence-corrected chi connectivity index (χ3v) is 19.1. The average Bonchev–Trinajstić information content (AvgIpc) is 4.09. The summed E-state index contributed by atoms with van der Waals surface area (Å²) in [5.74, 6) is 0.478. The Bertz CT molecular complexity index is 3420. The van der Waals surface area contributed by atoms with E-state index in [1.165, 1.54) is 12.1 Å². The number of carbonyl (C=O) groups excluding carboxylic acids is 3. The van der Waals surface area contributed by atoms with Crippen LogP contribution in [-0.2, 0) is 39.0 Å². The molecule has 1 unspecified atom stereocenters. The zero-order valence-corrected chi connectivity index (χ0v) is 46.0. The number of piperidine rings is 3. The minimum Gasteiger partial charge on any atom is -0.508 e. The minimum atomic E-state index is -0.682. The van der Waals surface area contributed by atoms with Gasteiger partial charge in [0.1, 0.15) is 47.6 Å². The second kappa shape index (κ2) is 21.3. The van der Waals surface area contributed by atoms with E-state index in [0.29, 0.717) is 121 Å². The van der Waals surface area contributed by atoms with Gasteiger partial charge in [0.2, 0.25) is 11.8 Å². The number of hydrogen-bond acceptors (Lipinski definition) is 15. The van der Waals surface area contributed by atoms with Crippen LogP contribution < -0.4 is 19.9 Å². The first-order valence-electron chi connectivity index (χ1n) is 29.3. The zero-order chi connectivity index (χ0) is 55.0. The fourth-order valence-electron chi connectivity index (χ4n) is 14.8. The lowest BCUT2D eigenvalue weighted by Crippen LogP contribution is -2.48. The van der Waals surface area contributed by atoms with Gasteiger partial charge < -0.3 is 34.0 Å². The minimum absolute atomic E-state index is 0.00159. The summed E-state index contributed by atoms with van der Waals surface area (Å²) in [4.78, 5) is 67.0. The average molecular weight is 1100 g/mol. The number of imide groups is 1. The Kier molecular flexibility index (Phi) is 14.0. The van der Waals surface area contributed by atoms with Gasteiger partial charge in [-0.05, 0) is 162 Å². The number of fused-ring (bicyclic) bond motifs is 5. The van der Waals surface area contributed by atoms with Crippen LogP contribution in [-0.4, -0.2) is 145 Å². The second-order valence-corrected chi connectivity index (χ2v) is 23.8. The molecule has 2 aromatic carbocycles. The van der Waals surface area contributed by atoms with Crippen molar-refractivity contribution in [2.24, 2.45) is 18.9 Å². The van der Waals surface area contributed by atoms with Gasteiger partial charge >= 0.3 is 12.1 Å². The molecule has 6 saturated heterocycles. The molecule has 0 radical (unpaired) electrons. The molecule has 7 aliphatic heterocycles. The summed E-state index contributed by atoms with van der Waals surface area (Å²) in [6.07, 6.45) is 11.6. The van der Waals surface area contributed by atoms with E-state index in [9.17, 15) is 19.5 Å². The van der Waals surface area contributed by atoms with E-state index >= 15 is 8.78 Å². The number of hydrogen-bond donors (Lipinski definition) is 2. The first-order chi connectivity index (χ1) is 38.8. The van der Waals surface area contributed by atoms with Crippen LogP contribution in [0.25, 0.3) is 44.0 Å². The fourth-order valence-corrected chi connectivity index (χ4v) is 14.8. The normalized spacial score (nSPS) is 25.0. The molecule has 80 heavy (non-hydrogen) atoms. The van der Waals surface area contributed by atoms with Gasteiger partial charge in [-0.2, -0.15) is 15.1 Å². The maximum absolute atomic E-state index is 17.6. The largest absolute Gasteiger partial charge is 0.508 e. The Hall–Kier alpha value is -6.80. The van der Waals surface area contributed by atoms with Gasteiger partial charge in [-0.25, -0.2) is 23.5 Å². The Labute approximate surface area is 463 Å². The summed E-state index contributed by atoms with van der Waals surface area (Å²) in [6.45, 7) is 9.72. The number of amides is 3. The molecule has 0 saturated carbocycles. The zero-order valence-electron chi connectivity index (χ0n) is 46.0. The van der Waals surface area contributed by atoms with E-state index in [2.05, 4.69) is 32.0 Å². The molecule has 0 spiro atoms. The molecular weight excluding hydrogens is 1020 g/mol. The highest BCUT2D eigenvalue weighted by atomic mass is 19.1. The Morgan fingerprint density at radius 1 is 0.900 bits per heavy atom. The second-order valence-electron chi connectivity index (χ2n) is 23.8. The summed E-state index contributed by atoms with van der Waals surface area (Å²) in [5, 5.41) is 20.5. The maximum Gasteiger partial charge on any atom is 0.409 e. The van der Waals surface area contributed by atoms with Crippen LogP contribution in [0.4, 0.5) is 25.2 Å². The van der Waals surface area contributed by atoms with E-state index in [1.54, 1.807) is 16.8 Å². The lowest BCUT2D eigenvalue weighted by molar-refractivity contribution is -0.134. The van der Waals surface area contributed by atoms with Gasteiger partial charge in [0.15, 0.2) is 11.5 Å². The number of phenolic OH excluding ortho intramolecular Hbond substituents is 1. The van der Waals surface area contributed by atoms with E-state index in [-0.39, 0.29) is 71.1 Å². The Morgan fingerprint density at radius 2 is 1.71 bits per heavy atom. The number of nitrogens with one attached hydrogen (secondary N) is 1. The van der Waals surface area contributed by atoms with E-state index in [0.717, 1.165) is 101 Å². The van der Waals surface area contributed by atoms with Crippen molar-refractivity contribution in [3.63, 3.8) is 0 Å². The highest BCUT2D eigenvalue weighted by molar-refractivity contribution is 6.03. The number of phenols is 1. The topological polar surface area (TPSA) is 193 Å². The van der Waals surface area contributed by atoms with Crippen molar-refractivity contribution < 1.29 is 42.5 Å². The number of rotatable bonds is 11. The molecule has 0 bridgehead atoms. The fraction of sp³-hybridized carbons (Fsp3) is 0.567. The highest BCUT2D eigenvalue weighted by Gasteiger charge is 2.50. The number of benzene rings is 2. The summed E-state index contributed by atoms with van der Waals surface area (Å²) in [6, 6.07) is 10.2. The van der Waals surface area contributed by atoms with Crippen LogP contribution in [0.1, 0.15) is 120 Å². The Balaban J connectivity index is 0.645. The summed E-state index contributed by atoms with van der Waals surface area (Å²) >= 11 is 0. The lowest BCUT2D eigenvalue weighted by atomic mass is 9.83. The highest BCUT2D eigenvalue weighted by Crippen LogP contribution is 2.46. The maximum atomic E-state index is 17.6. The molecule has 4 aromatic heterocycles. The van der Waals surface area contributed by atoms with Gasteiger partial charge in [0.25, 0.3) is 0 Å². The molecule has 5 atom stereocenters. The molecule has 13 rings (SSSR count). The van der Waals surface area contributed by atoms with E-state index in [4.69, 9.17) is 34.1 Å². The summed E-state index contributed by atoms with van der Waals surface area (Å²) in [7, 11) is 1.85. The first-order valence-corrected chi connectivity index (χ1v) is 29.3. The van der Waals surface area contributed by atoms with Gasteiger partial charge in [-0.1, -0.05) is 13.0 Å². The van der Waals surface area contributed by atoms with Crippen molar-refractivity contribution >= 4 is 62.3 Å². The SMILES string of the molecule is CCc1c(F)ccc2cc(O)cc(-c3nc4c5c(nc(OC[C@@]67CCCN6[C@H](COC(=O)N6CCC(CC8CCN(c9ccc%10c(C%11CCC(=O)NC%11=O)nn(C)c%10n9)CC8)CC6)CC7)nc5c3F)N3[C@@H](CC4)COCC[C@@H]3C)c12. The number of nitrogens with zero attached hydrogens (tertiary/aromatic N) is 10. The van der Waals surface area contributed by atoms with Gasteiger partial charge in [0, 0.05) is 69.3 Å². The molecule has 20 heteroatoms. The van der Waals surface area contributed by atoms with Crippen molar-refractivity contribution in [3.05, 3.63) is 65.0 Å². The van der Waals surface area contributed by atoms with Crippen LogP contribution in [0.3, 0.4) is 0 Å². The van der Waals surface area contributed by atoms with Gasteiger partial charge in [-0.3, -0.25) is 24.5 Å². The monoisotopic (exact) mass is 1100 g/mol. The number of aryl methyl sites for hydroxylation is 3. The molecule has 18 nitrogen and oxygen atoms in total. The quantitative estimate of drug-likeness (QED) is 0.117. The molecule has 7 aliphatic rings. The van der Waals surface area contributed by atoms with Crippen molar-refractivity contribution in [2.75, 3.05) is 69.0 Å². The first kappa shape index (κ1) is 52.6. The van der Waals surface area contributed by atoms with Gasteiger partial charge in [-0.15, -0.1) is 0 Å². The van der Waals surface area contributed by atoms with Crippen LogP contribution in [0.15, 0.2) is 36.4 Å². The number of pyridine rings is 2. The van der Waals surface area contributed by atoms with Crippen LogP contribution in [0.5, 0.6) is 11.8 Å². The molecule has 0 aliphatic carbocycles. The number of anilines is 2. The summed E-state index contributed by atoms with van der Waals surface area (Å²) < 4.78 is 53.7. The third-order valence-electron chi connectivity index (χ3n) is 19.1. The van der Waals surface area contributed by atoms with E-state index < -0.39 is 17.6 Å². The molecule has 3 amide bonds. The lowest BCUT2D eigenvalue weighted by Gasteiger charge is -2.37. The molecule has 2 N–H and O–H groups in total. The van der Waals surface area contributed by atoms with Crippen molar-refractivity contribution in [3.8, 4) is 23.0 Å². The molecule has 11 heterocycles. The number of aromatic nitrogens is 6. The van der Waals surface area contributed by atoms with Crippen molar-refractivity contribution in [1.29, 1.82) is 0 Å². The van der Waals surface area contributed by atoms with E-state index in [1.807, 2.05) is 31.0 Å². The Morgan fingerprint density at radius 3 is 2.51 bits per heavy atom. The predicted molar refractivity (Wildman–Crippen MR) is 297 cm³/mol. The molecule has 422 valence electrons. The van der Waals surface area contributed by atoms with Gasteiger partial charge in [0.05, 0.1) is 40.9 Å². The number of ether oxygens (including phenoxy) is 3. The van der Waals surface area contributed by atoms with Crippen LogP contribution in [0, 0.1) is 23.5 Å². The standard InChI is InChI=1S/C60H71F2N11O7/c1-4-41-45(61)10-6-37-29-40(74)30-44(49(37)41)53-51(62)54-50-46(63-53)11-7-39-31-78-27-19-34(2)73(39)56(50)67-58(66-54)80-33-60-20-5-22-72(60)38(14-21-60)32-79-59(77)71-25-17-36(18-26-71)28-35-15-23-70(24-16-35)47-12-8-42-52(68-69(3)55(42)64-47)43-9-13-48(75)65-57(43)76/h6,8,10,12,29-30,34-36,38-39,43,74H,4-5,7,9,11,13-28,31-33H2,1-3H3,(H,65,75,76)/t34-,38-,39-,43?,60-/m0/s1. The number of carbonyl (C=O) groups is 3.